The lowest BCUT2D eigenvalue weighted by molar-refractivity contribution is -0.144. The lowest BCUT2D eigenvalue weighted by atomic mass is 10.1. The lowest BCUT2D eigenvalue weighted by Crippen LogP contribution is -2.55. The molecule has 2 amide bonds. The van der Waals surface area contributed by atoms with E-state index in [0.29, 0.717) is 0 Å². The fourth-order valence-corrected chi connectivity index (χ4v) is 2.16. The normalized spacial score (nSPS) is 17.1. The number of carbonyl (C=O) groups is 4. The second kappa shape index (κ2) is 7.11. The Hall–Kier alpha value is -2.03. The third kappa shape index (κ3) is 4.48. The Labute approximate surface area is 126 Å². The van der Waals surface area contributed by atoms with E-state index in [9.17, 15) is 19.2 Å². The van der Waals surface area contributed by atoms with E-state index in [4.69, 9.17) is 22.4 Å². The number of amides is 2. The van der Waals surface area contributed by atoms with Gasteiger partial charge in [-0.15, -0.1) is 0 Å². The van der Waals surface area contributed by atoms with Crippen LogP contribution in [0.3, 0.4) is 0 Å². The number of hydrogen-bond acceptors (Lipinski definition) is 5. The standard InChI is InChI=1S/C12H16N2O6S/c1-7(11(19)20)2-4-13-8(15)6-9(16)14(12(13)21)5-3-10(17)18/h7H,2-6H2,1H3,(H,17,18)(H,19,20). The average Bonchev–Trinajstić information content (AvgIpc) is 2.36. The van der Waals surface area contributed by atoms with E-state index in [-0.39, 0.29) is 37.5 Å². The lowest BCUT2D eigenvalue weighted by Gasteiger charge is -2.35. The molecule has 0 radical (unpaired) electrons. The Balaban J connectivity index is 2.72. The maximum Gasteiger partial charge on any atom is 0.306 e. The molecule has 2 N–H and O–H groups in total. The molecule has 0 saturated carbocycles. The van der Waals surface area contributed by atoms with Crippen molar-refractivity contribution in [3.63, 3.8) is 0 Å². The van der Waals surface area contributed by atoms with Crippen LogP contribution in [-0.2, 0) is 19.2 Å². The molecule has 0 aromatic rings. The van der Waals surface area contributed by atoms with Crippen molar-refractivity contribution in [1.29, 1.82) is 0 Å². The molecule has 8 nitrogen and oxygen atoms in total. The first-order valence-electron chi connectivity index (χ1n) is 6.33. The Kier molecular flexibility index (Phi) is 5.77. The van der Waals surface area contributed by atoms with E-state index in [1.54, 1.807) is 0 Å². The number of hydrogen-bond donors (Lipinski definition) is 2. The second-order valence-electron chi connectivity index (χ2n) is 4.72. The first-order valence-corrected chi connectivity index (χ1v) is 6.74. The predicted molar refractivity (Wildman–Crippen MR) is 74.3 cm³/mol. The van der Waals surface area contributed by atoms with Crippen LogP contribution in [0.2, 0.25) is 0 Å². The fourth-order valence-electron chi connectivity index (χ4n) is 1.77. The van der Waals surface area contributed by atoms with Crippen LogP contribution in [-0.4, -0.2) is 62.0 Å². The van der Waals surface area contributed by atoms with Gasteiger partial charge in [-0.3, -0.25) is 29.0 Å². The summed E-state index contributed by atoms with van der Waals surface area (Å²) in [5, 5.41) is 17.4. The summed E-state index contributed by atoms with van der Waals surface area (Å²) in [6, 6.07) is 0. The summed E-state index contributed by atoms with van der Waals surface area (Å²) < 4.78 is 0. The molecule has 1 aliphatic rings. The van der Waals surface area contributed by atoms with E-state index < -0.39 is 29.7 Å². The molecule has 0 aromatic heterocycles. The van der Waals surface area contributed by atoms with E-state index in [0.717, 1.165) is 9.80 Å². The van der Waals surface area contributed by atoms with Crippen molar-refractivity contribution in [2.45, 2.75) is 26.2 Å². The van der Waals surface area contributed by atoms with Crippen LogP contribution in [0.4, 0.5) is 0 Å². The second-order valence-corrected chi connectivity index (χ2v) is 5.09. The van der Waals surface area contributed by atoms with Crippen LogP contribution in [0.5, 0.6) is 0 Å². The Morgan fingerprint density at radius 2 is 1.71 bits per heavy atom. The van der Waals surface area contributed by atoms with Gasteiger partial charge >= 0.3 is 11.9 Å². The highest BCUT2D eigenvalue weighted by molar-refractivity contribution is 7.80. The van der Waals surface area contributed by atoms with Crippen LogP contribution in [0.25, 0.3) is 0 Å². The van der Waals surface area contributed by atoms with E-state index in [1.807, 2.05) is 0 Å². The molecular weight excluding hydrogens is 300 g/mol. The maximum absolute atomic E-state index is 11.8. The topological polar surface area (TPSA) is 115 Å². The van der Waals surface area contributed by atoms with Crippen LogP contribution < -0.4 is 0 Å². The molecule has 9 heteroatoms. The summed E-state index contributed by atoms with van der Waals surface area (Å²) in [4.78, 5) is 47.1. The number of thiocarbonyl (C=S) groups is 1. The highest BCUT2D eigenvalue weighted by atomic mass is 32.1. The molecule has 1 fully saturated rings. The Bertz CT molecular complexity index is 492. The molecule has 0 aliphatic carbocycles. The fraction of sp³-hybridized carbons (Fsp3) is 0.583. The zero-order valence-electron chi connectivity index (χ0n) is 11.4. The highest BCUT2D eigenvalue weighted by Crippen LogP contribution is 2.15. The molecular formula is C12H16N2O6S. The molecule has 0 bridgehead atoms. The van der Waals surface area contributed by atoms with Crippen molar-refractivity contribution in [2.75, 3.05) is 13.1 Å². The predicted octanol–water partition coefficient (Wildman–Crippen LogP) is -0.0823. The summed E-state index contributed by atoms with van der Waals surface area (Å²) in [6.45, 7) is 1.49. The molecule has 1 saturated heterocycles. The summed E-state index contributed by atoms with van der Waals surface area (Å²) in [7, 11) is 0. The van der Waals surface area contributed by atoms with Crippen LogP contribution in [0.1, 0.15) is 26.2 Å². The van der Waals surface area contributed by atoms with E-state index >= 15 is 0 Å². The summed E-state index contributed by atoms with van der Waals surface area (Å²) in [5.41, 5.74) is 0. The van der Waals surface area contributed by atoms with Crippen LogP contribution >= 0.6 is 12.2 Å². The van der Waals surface area contributed by atoms with Gasteiger partial charge in [-0.25, -0.2) is 0 Å². The minimum atomic E-state index is -1.08. The third-order valence-corrected chi connectivity index (χ3v) is 3.56. The number of carboxylic acids is 2. The molecule has 1 heterocycles. The molecule has 0 aromatic carbocycles. The quantitative estimate of drug-likeness (QED) is 0.498. The molecule has 1 atom stereocenters. The van der Waals surface area contributed by atoms with Crippen molar-refractivity contribution >= 4 is 41.1 Å². The number of nitrogens with zero attached hydrogens (tertiary/aromatic N) is 2. The zero-order valence-corrected chi connectivity index (χ0v) is 12.3. The zero-order chi connectivity index (χ0) is 16.2. The number of aliphatic carboxylic acids is 2. The van der Waals surface area contributed by atoms with Crippen molar-refractivity contribution in [2.24, 2.45) is 5.92 Å². The minimum Gasteiger partial charge on any atom is -0.481 e. The monoisotopic (exact) mass is 316 g/mol. The van der Waals surface area contributed by atoms with E-state index in [2.05, 4.69) is 0 Å². The maximum atomic E-state index is 11.8. The number of carboxylic acid groups (broad SMARTS) is 2. The van der Waals surface area contributed by atoms with Gasteiger partial charge in [0.1, 0.15) is 6.42 Å². The van der Waals surface area contributed by atoms with Crippen molar-refractivity contribution < 1.29 is 29.4 Å². The highest BCUT2D eigenvalue weighted by Gasteiger charge is 2.35. The van der Waals surface area contributed by atoms with Gasteiger partial charge in [0.2, 0.25) is 11.8 Å². The SMILES string of the molecule is CC(CCN1C(=O)CC(=O)N(CCC(=O)O)C1=S)C(=O)O. The molecule has 1 unspecified atom stereocenters. The van der Waals surface area contributed by atoms with Gasteiger partial charge in [-0.05, 0) is 18.6 Å². The molecule has 1 aliphatic heterocycles. The summed E-state index contributed by atoms with van der Waals surface area (Å²) >= 11 is 5.04. The van der Waals surface area contributed by atoms with Gasteiger partial charge in [0.05, 0.1) is 12.3 Å². The van der Waals surface area contributed by atoms with Gasteiger partial charge in [0.25, 0.3) is 0 Å². The van der Waals surface area contributed by atoms with Gasteiger partial charge in [0.15, 0.2) is 5.11 Å². The van der Waals surface area contributed by atoms with Crippen LogP contribution in [0, 0.1) is 5.92 Å². The Morgan fingerprint density at radius 3 is 2.19 bits per heavy atom. The van der Waals surface area contributed by atoms with Crippen molar-refractivity contribution in [3.05, 3.63) is 0 Å². The number of carbonyl (C=O) groups excluding carboxylic acids is 2. The van der Waals surface area contributed by atoms with E-state index in [1.165, 1.54) is 6.92 Å². The third-order valence-electron chi connectivity index (χ3n) is 3.12. The minimum absolute atomic E-state index is 0.0601. The largest absolute Gasteiger partial charge is 0.481 e. The van der Waals surface area contributed by atoms with Crippen LogP contribution in [0.15, 0.2) is 0 Å². The smallest absolute Gasteiger partial charge is 0.306 e. The van der Waals surface area contributed by atoms with Crippen molar-refractivity contribution in [1.82, 2.24) is 9.80 Å². The molecule has 1 rings (SSSR count). The summed E-state index contributed by atoms with van der Waals surface area (Å²) in [5.74, 6) is -3.73. The average molecular weight is 316 g/mol. The molecule has 21 heavy (non-hydrogen) atoms. The molecule has 0 spiro atoms. The van der Waals surface area contributed by atoms with Gasteiger partial charge in [-0.1, -0.05) is 6.92 Å². The first kappa shape index (κ1) is 17.0. The summed E-state index contributed by atoms with van der Waals surface area (Å²) in [6.07, 6.45) is -0.469. The molecule has 116 valence electrons. The van der Waals surface area contributed by atoms with Gasteiger partial charge in [-0.2, -0.15) is 0 Å². The van der Waals surface area contributed by atoms with Gasteiger partial charge < -0.3 is 10.2 Å². The first-order chi connectivity index (χ1) is 9.73. The Morgan fingerprint density at radius 1 is 1.19 bits per heavy atom. The van der Waals surface area contributed by atoms with Gasteiger partial charge in [0, 0.05) is 13.1 Å². The number of rotatable bonds is 7. The van der Waals surface area contributed by atoms with Crippen molar-refractivity contribution in [3.8, 4) is 0 Å².